The third-order valence-electron chi connectivity index (χ3n) is 8.32. The summed E-state index contributed by atoms with van der Waals surface area (Å²) in [6.45, 7) is 2.80. The number of aliphatic hydroxyl groups excluding tert-OH is 2. The lowest BCUT2D eigenvalue weighted by atomic mass is 9.74. The number of nitrogens with one attached hydrogen (secondary N) is 1. The minimum absolute atomic E-state index is 0.107. The average Bonchev–Trinajstić information content (AvgIpc) is 3.45. The molecular formula is C30H38N4O5. The van der Waals surface area contributed by atoms with Crippen LogP contribution in [0.5, 0.6) is 0 Å². The topological polar surface area (TPSA) is 119 Å². The molecule has 1 spiro atoms. The summed E-state index contributed by atoms with van der Waals surface area (Å²) in [6.07, 6.45) is 4.98. The Bertz CT molecular complexity index is 1250. The third-order valence-corrected chi connectivity index (χ3v) is 8.32. The number of esters is 1. The summed E-state index contributed by atoms with van der Waals surface area (Å²) in [5.41, 5.74) is 1.75. The molecule has 2 aromatic heterocycles. The number of aromatic nitrogens is 2. The van der Waals surface area contributed by atoms with Crippen LogP contribution in [-0.4, -0.2) is 86.9 Å². The number of aliphatic hydroxyl groups is 2. The van der Waals surface area contributed by atoms with Crippen molar-refractivity contribution in [1.82, 2.24) is 19.8 Å². The highest BCUT2D eigenvalue weighted by atomic mass is 16.5. The van der Waals surface area contributed by atoms with E-state index in [2.05, 4.69) is 14.9 Å². The van der Waals surface area contributed by atoms with Gasteiger partial charge in [-0.3, -0.25) is 19.5 Å². The van der Waals surface area contributed by atoms with Crippen LogP contribution >= 0.6 is 0 Å². The first-order valence-corrected chi connectivity index (χ1v) is 14.0. The zero-order chi connectivity index (χ0) is 27.2. The van der Waals surface area contributed by atoms with E-state index in [1.165, 1.54) is 0 Å². The molecular weight excluding hydrogens is 496 g/mol. The second kappa shape index (κ2) is 12.3. The molecule has 3 aromatic rings. The molecule has 2 aliphatic rings. The Balaban J connectivity index is 1.28. The molecule has 39 heavy (non-hydrogen) atoms. The maximum absolute atomic E-state index is 13.6. The molecule has 0 saturated carbocycles. The molecule has 9 heteroatoms. The van der Waals surface area contributed by atoms with Crippen LogP contribution < -0.4 is 0 Å². The Morgan fingerprint density at radius 3 is 2.64 bits per heavy atom. The first-order chi connectivity index (χ1) is 18.9. The lowest BCUT2D eigenvalue weighted by Gasteiger charge is -2.40. The molecule has 2 saturated heterocycles. The summed E-state index contributed by atoms with van der Waals surface area (Å²) in [4.78, 5) is 38.6. The Labute approximate surface area is 228 Å². The van der Waals surface area contributed by atoms with Crippen molar-refractivity contribution in [2.45, 2.75) is 57.3 Å². The minimum atomic E-state index is -1.21. The zero-order valence-corrected chi connectivity index (χ0v) is 22.3. The first-order valence-electron chi connectivity index (χ1n) is 14.0. The molecule has 3 N–H and O–H groups in total. The van der Waals surface area contributed by atoms with Crippen molar-refractivity contribution in [3.05, 3.63) is 66.1 Å². The second-order valence-electron chi connectivity index (χ2n) is 10.9. The summed E-state index contributed by atoms with van der Waals surface area (Å²) in [7, 11) is 0. The van der Waals surface area contributed by atoms with Crippen LogP contribution in [0.15, 0.2) is 54.9 Å². The molecule has 0 unspecified atom stereocenters. The lowest BCUT2D eigenvalue weighted by molar-refractivity contribution is -0.165. The van der Waals surface area contributed by atoms with Crippen molar-refractivity contribution in [1.29, 1.82) is 0 Å². The third kappa shape index (κ3) is 6.32. The van der Waals surface area contributed by atoms with Gasteiger partial charge >= 0.3 is 5.97 Å². The molecule has 2 atom stereocenters. The van der Waals surface area contributed by atoms with Crippen LogP contribution in [0.1, 0.15) is 54.6 Å². The lowest BCUT2D eigenvalue weighted by Crippen LogP contribution is -2.46. The number of H-pyrrole nitrogens is 1. The fourth-order valence-corrected chi connectivity index (χ4v) is 5.84. The van der Waals surface area contributed by atoms with Crippen LogP contribution in [0.4, 0.5) is 0 Å². The van der Waals surface area contributed by atoms with Crippen molar-refractivity contribution >= 4 is 22.8 Å². The van der Waals surface area contributed by atoms with Crippen molar-refractivity contribution in [2.75, 3.05) is 32.8 Å². The number of benzene rings is 1. The Hall–Kier alpha value is -3.27. The Kier molecular flexibility index (Phi) is 8.60. The number of carbonyl (C=O) groups excluding carboxylic acids is 2. The smallest absolute Gasteiger partial charge is 0.312 e. The summed E-state index contributed by atoms with van der Waals surface area (Å²) >= 11 is 0. The van der Waals surface area contributed by atoms with E-state index >= 15 is 0 Å². The van der Waals surface area contributed by atoms with Crippen molar-refractivity contribution in [3.63, 3.8) is 0 Å². The highest BCUT2D eigenvalue weighted by Gasteiger charge is 2.42. The number of aromatic amines is 1. The molecule has 0 bridgehead atoms. The van der Waals surface area contributed by atoms with Crippen molar-refractivity contribution < 1.29 is 24.5 Å². The fraction of sp³-hybridized carbons (Fsp3) is 0.500. The summed E-state index contributed by atoms with van der Waals surface area (Å²) in [5, 5.41) is 22.1. The molecule has 1 aromatic carbocycles. The van der Waals surface area contributed by atoms with E-state index in [0.717, 1.165) is 49.1 Å². The SMILES string of the molecule is O=C(c1cccc2cc[nH]c12)N1CCCCC2(CCN(Cc3ccccn3)CC2)C(=O)OC[C@@H](O)[C@@H](O)CC1. The standard InChI is InChI=1S/C30H38N4O5/c35-25-10-17-34(28(37)24-8-5-6-22-9-15-32-27(22)24)16-4-2-11-30(29(38)39-21-26(25)36)12-18-33(19-13-30)20-23-7-1-3-14-31-23/h1,3,5-9,14-15,25-26,32,35-36H,2,4,10-13,16-21H2/t25-,26+/m0/s1. The average molecular weight is 535 g/mol. The number of rotatable bonds is 3. The molecule has 4 heterocycles. The zero-order valence-electron chi connectivity index (χ0n) is 22.3. The number of hydrogen-bond acceptors (Lipinski definition) is 7. The predicted octanol–water partition coefficient (Wildman–Crippen LogP) is 3.13. The van der Waals surface area contributed by atoms with E-state index in [-0.39, 0.29) is 24.9 Å². The quantitative estimate of drug-likeness (QED) is 0.442. The molecule has 208 valence electrons. The number of para-hydroxylation sites is 1. The van der Waals surface area contributed by atoms with Gasteiger partial charge in [-0.05, 0) is 69.5 Å². The van der Waals surface area contributed by atoms with Gasteiger partial charge in [0.05, 0.1) is 28.3 Å². The Morgan fingerprint density at radius 1 is 1.00 bits per heavy atom. The van der Waals surface area contributed by atoms with Crippen LogP contribution in [-0.2, 0) is 16.1 Å². The summed E-state index contributed by atoms with van der Waals surface area (Å²) in [6, 6.07) is 13.5. The van der Waals surface area contributed by atoms with Crippen LogP contribution in [0.2, 0.25) is 0 Å². The van der Waals surface area contributed by atoms with Gasteiger partial charge in [-0.2, -0.15) is 0 Å². The minimum Gasteiger partial charge on any atom is -0.462 e. The Morgan fingerprint density at radius 2 is 1.85 bits per heavy atom. The van der Waals surface area contributed by atoms with Gasteiger partial charge in [-0.25, -0.2) is 0 Å². The van der Waals surface area contributed by atoms with Gasteiger partial charge < -0.3 is 24.8 Å². The van der Waals surface area contributed by atoms with E-state index in [1.54, 1.807) is 11.1 Å². The van der Waals surface area contributed by atoms with Gasteiger partial charge in [-0.15, -0.1) is 0 Å². The summed E-state index contributed by atoms with van der Waals surface area (Å²) < 4.78 is 5.60. The summed E-state index contributed by atoms with van der Waals surface area (Å²) in [5.74, 6) is -0.402. The highest BCUT2D eigenvalue weighted by Crippen LogP contribution is 2.38. The van der Waals surface area contributed by atoms with Crippen LogP contribution in [0.3, 0.4) is 0 Å². The van der Waals surface area contributed by atoms with Gasteiger partial charge in [0.2, 0.25) is 0 Å². The number of cyclic esters (lactones) is 1. The van der Waals surface area contributed by atoms with Gasteiger partial charge in [0.15, 0.2) is 0 Å². The molecule has 2 aliphatic heterocycles. The molecule has 0 aliphatic carbocycles. The van der Waals surface area contributed by atoms with E-state index in [9.17, 15) is 19.8 Å². The van der Waals surface area contributed by atoms with Gasteiger partial charge in [0, 0.05) is 37.4 Å². The van der Waals surface area contributed by atoms with Crippen LogP contribution in [0.25, 0.3) is 10.9 Å². The van der Waals surface area contributed by atoms with E-state index in [4.69, 9.17) is 4.74 Å². The molecule has 1 amide bonds. The maximum Gasteiger partial charge on any atom is 0.312 e. The monoisotopic (exact) mass is 534 g/mol. The van der Waals surface area contributed by atoms with Gasteiger partial charge in [-0.1, -0.05) is 24.6 Å². The molecule has 0 radical (unpaired) electrons. The van der Waals surface area contributed by atoms with Gasteiger partial charge in [0.25, 0.3) is 5.91 Å². The number of hydrogen-bond donors (Lipinski definition) is 3. The van der Waals surface area contributed by atoms with Crippen molar-refractivity contribution in [3.8, 4) is 0 Å². The number of carbonyl (C=O) groups is 2. The predicted molar refractivity (Wildman–Crippen MR) is 147 cm³/mol. The number of likely N-dealkylation sites (tertiary alicyclic amines) is 1. The maximum atomic E-state index is 13.6. The number of piperidine rings is 1. The van der Waals surface area contributed by atoms with Crippen LogP contribution in [0, 0.1) is 5.41 Å². The number of nitrogens with zero attached hydrogens (tertiary/aromatic N) is 3. The normalized spacial score (nSPS) is 23.5. The molecule has 2 fully saturated rings. The van der Waals surface area contributed by atoms with Crippen molar-refractivity contribution in [2.24, 2.45) is 5.41 Å². The first kappa shape index (κ1) is 27.3. The second-order valence-corrected chi connectivity index (χ2v) is 10.9. The number of amides is 1. The van der Waals surface area contributed by atoms with E-state index in [1.807, 2.05) is 48.7 Å². The number of pyridine rings is 1. The number of ether oxygens (including phenoxy) is 1. The number of fused-ring (bicyclic) bond motifs is 1. The largest absolute Gasteiger partial charge is 0.462 e. The van der Waals surface area contributed by atoms with E-state index < -0.39 is 17.6 Å². The highest BCUT2D eigenvalue weighted by molar-refractivity contribution is 6.05. The molecule has 9 nitrogen and oxygen atoms in total. The fourth-order valence-electron chi connectivity index (χ4n) is 5.84. The van der Waals surface area contributed by atoms with Gasteiger partial charge in [0.1, 0.15) is 12.7 Å². The van der Waals surface area contributed by atoms with E-state index in [0.29, 0.717) is 37.9 Å². The molecule has 5 rings (SSSR count).